The van der Waals surface area contributed by atoms with Gasteiger partial charge in [0.05, 0.1) is 36.9 Å². The van der Waals surface area contributed by atoms with Gasteiger partial charge in [0, 0.05) is 76.2 Å². The van der Waals surface area contributed by atoms with Crippen LogP contribution in [0, 0.1) is 42.9 Å². The van der Waals surface area contributed by atoms with E-state index in [9.17, 15) is 0 Å². The van der Waals surface area contributed by atoms with E-state index in [-0.39, 0.29) is 52.4 Å². The van der Waals surface area contributed by atoms with Gasteiger partial charge in [0.25, 0.3) is 0 Å². The summed E-state index contributed by atoms with van der Waals surface area (Å²) in [6, 6.07) is 29.7. The summed E-state index contributed by atoms with van der Waals surface area (Å²) in [6.45, 7) is 36.1. The SMILES string of the molecule is CC(O)CC(C)O.[C-]#[N+]c1cc(CC(C)C)c(-n2ccnc2-c2[c-]cccc2)c(CC(C)C)c1.[C-]#[N+]c1cc(CC(C)C)c(-n2ccnc2-c2ccccc2)c(CC(C)C)c1.[Ir].[Ir]. The van der Waals surface area contributed by atoms with Crippen LogP contribution in [0.3, 0.4) is 0 Å². The van der Waals surface area contributed by atoms with Gasteiger partial charge in [0.1, 0.15) is 5.82 Å². The van der Waals surface area contributed by atoms with Crippen molar-refractivity contribution < 1.29 is 50.4 Å². The molecule has 0 spiro atoms. The van der Waals surface area contributed by atoms with E-state index >= 15 is 0 Å². The van der Waals surface area contributed by atoms with Crippen LogP contribution in [0.5, 0.6) is 0 Å². The number of aliphatic hydroxyl groups excluding tert-OH is 2. The van der Waals surface area contributed by atoms with Crippen molar-refractivity contribution in [3.63, 3.8) is 0 Å². The van der Waals surface area contributed by atoms with Gasteiger partial charge in [-0.05, 0) is 91.9 Å². The Morgan fingerprint density at radius 2 is 0.937 bits per heavy atom. The van der Waals surface area contributed by atoms with Crippen molar-refractivity contribution in [2.75, 3.05) is 0 Å². The maximum Gasteiger partial charge on any atom is 0.187 e. The average Bonchev–Trinajstić information content (AvgIpc) is 3.88. The second kappa shape index (κ2) is 27.0. The van der Waals surface area contributed by atoms with E-state index < -0.39 is 0 Å². The van der Waals surface area contributed by atoms with Crippen molar-refractivity contribution in [1.29, 1.82) is 0 Å². The molecular formula is C53H65Ir2N6O2-. The first-order chi connectivity index (χ1) is 29.1. The number of imidazole rings is 2. The molecule has 2 atom stereocenters. The third-order valence-electron chi connectivity index (χ3n) is 9.70. The summed E-state index contributed by atoms with van der Waals surface area (Å²) >= 11 is 0. The van der Waals surface area contributed by atoms with Crippen LogP contribution in [0.15, 0.2) is 104 Å². The standard InChI is InChI=1S/C24H27N3.C24H26N3.C5H12O2.2Ir/c2*1-17(2)13-20-15-22(25-5)16-21(14-18(3)4)23(20)27-12-11-26-24(27)19-9-7-6-8-10-19;1-4(6)3-5(2)7;;/h6-12,15-18H,13-14H2,1-4H3;6-9,11-12,15-18H,13-14H2,1-4H3;4-7H,3H2,1-2H3;;/q;-1;;;. The summed E-state index contributed by atoms with van der Waals surface area (Å²) < 4.78 is 4.38. The van der Waals surface area contributed by atoms with Crippen molar-refractivity contribution in [3.05, 3.63) is 155 Å². The van der Waals surface area contributed by atoms with E-state index in [2.05, 4.69) is 115 Å². The van der Waals surface area contributed by atoms with E-state index in [1.54, 1.807) is 13.8 Å². The van der Waals surface area contributed by atoms with E-state index in [1.165, 1.54) is 33.6 Å². The minimum atomic E-state index is -0.375. The molecule has 8 nitrogen and oxygen atoms in total. The molecule has 0 aliphatic heterocycles. The molecule has 2 heterocycles. The van der Waals surface area contributed by atoms with Gasteiger partial charge < -0.3 is 14.8 Å². The molecule has 0 aliphatic rings. The Morgan fingerprint density at radius 3 is 1.27 bits per heavy atom. The molecule has 2 N–H and O–H groups in total. The number of hydrogen-bond acceptors (Lipinski definition) is 4. The Hall–Kier alpha value is -4.50. The Labute approximate surface area is 404 Å². The molecule has 2 unspecified atom stereocenters. The molecule has 338 valence electrons. The molecule has 0 amide bonds. The molecule has 2 aromatic heterocycles. The van der Waals surface area contributed by atoms with Crippen LogP contribution in [-0.4, -0.2) is 41.5 Å². The molecule has 63 heavy (non-hydrogen) atoms. The largest absolute Gasteiger partial charge is 0.393 e. The molecule has 0 saturated carbocycles. The maximum absolute atomic E-state index is 8.56. The van der Waals surface area contributed by atoms with Gasteiger partial charge in [-0.3, -0.25) is 9.55 Å². The smallest absolute Gasteiger partial charge is 0.187 e. The number of aromatic nitrogens is 4. The first kappa shape index (κ1) is 54.6. The number of aliphatic hydroxyl groups is 2. The fourth-order valence-corrected chi connectivity index (χ4v) is 7.61. The predicted molar refractivity (Wildman–Crippen MR) is 252 cm³/mol. The van der Waals surface area contributed by atoms with Gasteiger partial charge in [-0.25, -0.2) is 14.7 Å². The van der Waals surface area contributed by atoms with Crippen LogP contribution in [0.1, 0.15) is 97.9 Å². The molecule has 0 bridgehead atoms. The van der Waals surface area contributed by atoms with Crippen molar-refractivity contribution in [2.45, 2.75) is 114 Å². The molecule has 2 radical (unpaired) electrons. The summed E-state index contributed by atoms with van der Waals surface area (Å²) in [4.78, 5) is 16.7. The van der Waals surface area contributed by atoms with E-state index in [4.69, 9.17) is 23.4 Å². The van der Waals surface area contributed by atoms with Gasteiger partial charge in [0.15, 0.2) is 11.4 Å². The Morgan fingerprint density at radius 1 is 0.556 bits per heavy atom. The molecule has 0 fully saturated rings. The number of rotatable bonds is 14. The van der Waals surface area contributed by atoms with Crippen LogP contribution < -0.4 is 0 Å². The van der Waals surface area contributed by atoms with Crippen LogP contribution in [0.4, 0.5) is 11.4 Å². The minimum absolute atomic E-state index is 0. The third-order valence-corrected chi connectivity index (χ3v) is 9.70. The zero-order valence-electron chi connectivity index (χ0n) is 38.6. The summed E-state index contributed by atoms with van der Waals surface area (Å²) in [7, 11) is 0. The number of nitrogens with zero attached hydrogens (tertiary/aromatic N) is 6. The molecule has 10 heteroatoms. The normalized spacial score (nSPS) is 11.7. The summed E-state index contributed by atoms with van der Waals surface area (Å²) in [5.74, 6) is 3.88. The summed E-state index contributed by atoms with van der Waals surface area (Å²) in [5.41, 5.74) is 10.8. The van der Waals surface area contributed by atoms with Crippen molar-refractivity contribution >= 4 is 11.4 Å². The molecule has 6 aromatic rings. The predicted octanol–water partition coefficient (Wildman–Crippen LogP) is 12.9. The monoisotopic (exact) mass is 1200 g/mol. The summed E-state index contributed by atoms with van der Waals surface area (Å²) in [5, 5.41) is 17.1. The van der Waals surface area contributed by atoms with Gasteiger partial charge in [-0.15, -0.1) is 35.9 Å². The first-order valence-corrected chi connectivity index (χ1v) is 21.6. The molecule has 0 saturated heterocycles. The van der Waals surface area contributed by atoms with E-state index in [0.717, 1.165) is 59.8 Å². The molecule has 6 rings (SSSR count). The zero-order chi connectivity index (χ0) is 44.6. The van der Waals surface area contributed by atoms with Crippen molar-refractivity contribution in [1.82, 2.24) is 19.1 Å². The van der Waals surface area contributed by atoms with Crippen LogP contribution in [-0.2, 0) is 65.9 Å². The van der Waals surface area contributed by atoms with Gasteiger partial charge >= 0.3 is 0 Å². The quantitative estimate of drug-likeness (QED) is 0.106. The van der Waals surface area contributed by atoms with Crippen LogP contribution >= 0.6 is 0 Å². The number of hydrogen-bond donors (Lipinski definition) is 2. The minimum Gasteiger partial charge on any atom is -0.393 e. The maximum atomic E-state index is 8.56. The summed E-state index contributed by atoms with van der Waals surface area (Å²) in [6.07, 6.45) is 11.2. The zero-order valence-corrected chi connectivity index (χ0v) is 43.3. The second-order valence-electron chi connectivity index (χ2n) is 17.7. The topological polar surface area (TPSA) is 84.8 Å². The van der Waals surface area contributed by atoms with Gasteiger partial charge in [0.2, 0.25) is 0 Å². The van der Waals surface area contributed by atoms with Gasteiger partial charge in [-0.2, -0.15) is 0 Å². The van der Waals surface area contributed by atoms with E-state index in [0.29, 0.717) is 30.1 Å². The number of benzene rings is 4. The third kappa shape index (κ3) is 16.5. The Balaban J connectivity index is 0.000000367. The van der Waals surface area contributed by atoms with Crippen molar-refractivity contribution in [3.8, 4) is 34.2 Å². The Bertz CT molecular complexity index is 2120. The molecule has 0 aliphatic carbocycles. The van der Waals surface area contributed by atoms with Crippen LogP contribution in [0.2, 0.25) is 0 Å². The van der Waals surface area contributed by atoms with Crippen LogP contribution in [0.25, 0.3) is 43.8 Å². The molecular weight excluding hydrogens is 1140 g/mol. The second-order valence-corrected chi connectivity index (χ2v) is 17.7. The van der Waals surface area contributed by atoms with Crippen molar-refractivity contribution in [2.24, 2.45) is 23.7 Å². The Kier molecular flexibility index (Phi) is 23.4. The van der Waals surface area contributed by atoms with Gasteiger partial charge in [-0.1, -0.05) is 110 Å². The average molecular weight is 1200 g/mol. The fraction of sp³-hybridized carbons (Fsp3) is 0.396. The molecule has 4 aromatic carbocycles. The fourth-order valence-electron chi connectivity index (χ4n) is 7.61. The first-order valence-electron chi connectivity index (χ1n) is 21.6. The van der Waals surface area contributed by atoms with E-state index in [1.807, 2.05) is 79.4 Å².